The first-order chi connectivity index (χ1) is 14.6. The summed E-state index contributed by atoms with van der Waals surface area (Å²) in [4.78, 5) is 28.0. The Morgan fingerprint density at radius 3 is 2.39 bits per heavy atom. The van der Waals surface area contributed by atoms with Crippen LogP contribution in [-0.2, 0) is 4.79 Å². The summed E-state index contributed by atoms with van der Waals surface area (Å²) in [6, 6.07) is 1.72. The van der Waals surface area contributed by atoms with Crippen LogP contribution in [0.4, 0.5) is 19.0 Å². The van der Waals surface area contributed by atoms with Crippen LogP contribution in [0.5, 0.6) is 0 Å². The molecule has 0 aliphatic heterocycles. The zero-order valence-electron chi connectivity index (χ0n) is 18.5. The maximum Gasteiger partial charge on any atom is 0.416 e. The van der Waals surface area contributed by atoms with Crippen molar-refractivity contribution in [2.75, 3.05) is 26.0 Å². The summed E-state index contributed by atoms with van der Waals surface area (Å²) < 4.78 is 38.3. The van der Waals surface area contributed by atoms with Gasteiger partial charge in [0.2, 0.25) is 0 Å². The molecular weight excluding hydrogens is 427 g/mol. The monoisotopic (exact) mass is 455 g/mol. The molecule has 0 fully saturated rings. The molecule has 6 nitrogen and oxygen atoms in total. The summed E-state index contributed by atoms with van der Waals surface area (Å²) >= 11 is 1.12. The fourth-order valence-electron chi connectivity index (χ4n) is 1.90. The molecule has 0 aliphatic carbocycles. The molecule has 0 bridgehead atoms. The van der Waals surface area contributed by atoms with E-state index in [1.54, 1.807) is 24.0 Å². The number of alkyl halides is 3. The highest BCUT2D eigenvalue weighted by molar-refractivity contribution is 8.04. The standard InChI is InChI=1S/C19H22F3N5OS.C2H6/c1-6-14(19(20,21)22)9-8-10-27(13-23-3)18(28)15(7-2)29-17-11-16(26(4)5)24-12-25-17;1-2/h6-13H,1H2,2-5H3;1-2H3/b10-8+,14-9+,15-7-,23-13?;. The number of halogens is 3. The Hall–Kier alpha value is -2.88. The first-order valence-corrected chi connectivity index (χ1v) is 10.1. The molecule has 170 valence electrons. The van der Waals surface area contributed by atoms with Gasteiger partial charge in [0.25, 0.3) is 5.91 Å². The van der Waals surface area contributed by atoms with Crippen molar-refractivity contribution in [2.24, 2.45) is 4.99 Å². The van der Waals surface area contributed by atoms with Gasteiger partial charge in [0.05, 0.1) is 16.8 Å². The van der Waals surface area contributed by atoms with Gasteiger partial charge in [-0.05, 0) is 19.1 Å². The molecule has 0 N–H and O–H groups in total. The lowest BCUT2D eigenvalue weighted by Gasteiger charge is -2.15. The predicted octanol–water partition coefficient (Wildman–Crippen LogP) is 5.24. The van der Waals surface area contributed by atoms with Crippen LogP contribution in [0.15, 0.2) is 70.0 Å². The summed E-state index contributed by atoms with van der Waals surface area (Å²) in [5.41, 5.74) is -0.924. The molecule has 0 spiro atoms. The third-order valence-corrected chi connectivity index (χ3v) is 4.38. The van der Waals surface area contributed by atoms with Crippen molar-refractivity contribution < 1.29 is 18.0 Å². The number of hydrogen-bond acceptors (Lipinski definition) is 6. The van der Waals surface area contributed by atoms with E-state index in [4.69, 9.17) is 0 Å². The van der Waals surface area contributed by atoms with Crippen LogP contribution in [0.25, 0.3) is 0 Å². The predicted molar refractivity (Wildman–Crippen MR) is 122 cm³/mol. The lowest BCUT2D eigenvalue weighted by molar-refractivity contribution is -0.120. The van der Waals surface area contributed by atoms with E-state index < -0.39 is 17.7 Å². The van der Waals surface area contributed by atoms with Gasteiger partial charge < -0.3 is 4.90 Å². The second kappa shape index (κ2) is 14.2. The lowest BCUT2D eigenvalue weighted by Crippen LogP contribution is -2.25. The summed E-state index contributed by atoms with van der Waals surface area (Å²) in [6.45, 7) is 8.83. The van der Waals surface area contributed by atoms with Gasteiger partial charge in [-0.3, -0.25) is 14.7 Å². The molecule has 1 aromatic rings. The van der Waals surface area contributed by atoms with Gasteiger partial charge in [-0.25, -0.2) is 9.97 Å². The van der Waals surface area contributed by atoms with E-state index in [9.17, 15) is 18.0 Å². The highest BCUT2D eigenvalue weighted by atomic mass is 32.2. The minimum absolute atomic E-state index is 0.321. The maximum atomic E-state index is 12.8. The van der Waals surface area contributed by atoms with Crippen LogP contribution in [0, 0.1) is 0 Å². The Balaban J connectivity index is 0.00000436. The number of nitrogens with zero attached hydrogens (tertiary/aromatic N) is 5. The number of carbonyl (C=O) groups excluding carboxylic acids is 1. The normalized spacial score (nSPS) is 12.5. The molecule has 1 aromatic heterocycles. The molecule has 0 unspecified atom stereocenters. The molecule has 0 atom stereocenters. The molecule has 0 saturated heterocycles. The topological polar surface area (TPSA) is 61.7 Å². The zero-order valence-corrected chi connectivity index (χ0v) is 19.3. The quantitative estimate of drug-likeness (QED) is 0.134. The maximum absolute atomic E-state index is 12.8. The van der Waals surface area contributed by atoms with Gasteiger partial charge in [-0.15, -0.1) is 0 Å². The molecule has 10 heteroatoms. The van der Waals surface area contributed by atoms with Crippen molar-refractivity contribution in [2.45, 2.75) is 32.0 Å². The summed E-state index contributed by atoms with van der Waals surface area (Å²) in [5, 5.41) is 0.549. The number of amides is 1. The smallest absolute Gasteiger partial charge is 0.363 e. The van der Waals surface area contributed by atoms with E-state index in [0.717, 1.165) is 28.8 Å². The molecule has 1 amide bonds. The molecule has 0 aromatic carbocycles. The van der Waals surface area contributed by atoms with Crippen LogP contribution >= 0.6 is 11.8 Å². The van der Waals surface area contributed by atoms with Crippen molar-refractivity contribution in [3.05, 3.63) is 60.0 Å². The number of aliphatic imine (C=N–C) groups is 1. The number of hydrogen-bond donors (Lipinski definition) is 0. The number of rotatable bonds is 8. The fraction of sp³-hybridized carbons (Fsp3) is 0.333. The molecule has 1 heterocycles. The summed E-state index contributed by atoms with van der Waals surface area (Å²) in [5.74, 6) is 0.205. The molecular formula is C21H28F3N5OS. The fourth-order valence-corrected chi connectivity index (χ4v) is 2.70. The summed E-state index contributed by atoms with van der Waals surface area (Å²) in [6.07, 6.45) is 3.50. The van der Waals surface area contributed by atoms with Crippen LogP contribution in [-0.4, -0.2) is 54.4 Å². The van der Waals surface area contributed by atoms with Gasteiger partial charge in [-0.1, -0.05) is 44.3 Å². The van der Waals surface area contributed by atoms with Crippen molar-refractivity contribution in [1.29, 1.82) is 0 Å². The average molecular weight is 456 g/mol. The number of carbonyl (C=O) groups is 1. The van der Waals surface area contributed by atoms with Crippen molar-refractivity contribution in [1.82, 2.24) is 14.9 Å². The van der Waals surface area contributed by atoms with Crippen LogP contribution in [0.3, 0.4) is 0 Å². The number of anilines is 1. The Bertz CT molecular complexity index is 846. The Morgan fingerprint density at radius 2 is 1.90 bits per heavy atom. The first-order valence-electron chi connectivity index (χ1n) is 9.30. The molecule has 0 aliphatic rings. The molecule has 0 radical (unpaired) electrons. The van der Waals surface area contributed by atoms with Gasteiger partial charge in [-0.2, -0.15) is 13.2 Å². The highest BCUT2D eigenvalue weighted by Crippen LogP contribution is 2.28. The highest BCUT2D eigenvalue weighted by Gasteiger charge is 2.30. The molecule has 1 rings (SSSR count). The van der Waals surface area contributed by atoms with E-state index in [2.05, 4.69) is 21.5 Å². The molecule has 0 saturated carbocycles. The average Bonchev–Trinajstić information content (AvgIpc) is 2.74. The Labute approximate surface area is 186 Å². The SMILES string of the molecule is C=C/C(=C\C=C\N(C=NC)C(=O)/C(=C/C)Sc1cc(N(C)C)ncn1)C(F)(F)F.CC. The number of allylic oxidation sites excluding steroid dienone is 5. The van der Waals surface area contributed by atoms with E-state index in [0.29, 0.717) is 21.8 Å². The van der Waals surface area contributed by atoms with Gasteiger partial charge in [0, 0.05) is 33.4 Å². The first kappa shape index (κ1) is 28.1. The minimum Gasteiger partial charge on any atom is -0.363 e. The van der Waals surface area contributed by atoms with Gasteiger partial charge >= 0.3 is 6.18 Å². The largest absolute Gasteiger partial charge is 0.416 e. The second-order valence-corrected chi connectivity index (χ2v) is 6.68. The van der Waals surface area contributed by atoms with Crippen LogP contribution in [0.2, 0.25) is 0 Å². The number of aromatic nitrogens is 2. The van der Waals surface area contributed by atoms with Gasteiger partial charge in [0.15, 0.2) is 0 Å². The van der Waals surface area contributed by atoms with Crippen molar-refractivity contribution in [3.8, 4) is 0 Å². The van der Waals surface area contributed by atoms with E-state index >= 15 is 0 Å². The Morgan fingerprint density at radius 1 is 1.26 bits per heavy atom. The van der Waals surface area contributed by atoms with Crippen LogP contribution in [0.1, 0.15) is 20.8 Å². The van der Waals surface area contributed by atoms with Crippen LogP contribution < -0.4 is 4.90 Å². The lowest BCUT2D eigenvalue weighted by atomic mass is 10.2. The van der Waals surface area contributed by atoms with Crippen molar-refractivity contribution >= 4 is 29.8 Å². The zero-order chi connectivity index (χ0) is 24.0. The van der Waals surface area contributed by atoms with Gasteiger partial charge in [0.1, 0.15) is 17.2 Å². The number of thioether (sulfide) groups is 1. The van der Waals surface area contributed by atoms with E-state index in [-0.39, 0.29) is 0 Å². The summed E-state index contributed by atoms with van der Waals surface area (Å²) in [7, 11) is 5.11. The molecule has 31 heavy (non-hydrogen) atoms. The third-order valence-electron chi connectivity index (χ3n) is 3.32. The third kappa shape index (κ3) is 9.65. The van der Waals surface area contributed by atoms with Crippen molar-refractivity contribution in [3.63, 3.8) is 0 Å². The van der Waals surface area contributed by atoms with E-state index in [1.807, 2.05) is 27.9 Å². The minimum atomic E-state index is -4.53. The Kier molecular flexibility index (Phi) is 12.9. The van der Waals surface area contributed by atoms with E-state index in [1.165, 1.54) is 25.9 Å². The second-order valence-electron chi connectivity index (χ2n) is 5.62.